The lowest BCUT2D eigenvalue weighted by atomic mass is 10.0. The van der Waals surface area contributed by atoms with E-state index in [1.165, 1.54) is 6.20 Å². The van der Waals surface area contributed by atoms with Crippen molar-refractivity contribution >= 4 is 39.3 Å². The molecular weight excluding hydrogens is 488 g/mol. The summed E-state index contributed by atoms with van der Waals surface area (Å²) in [5.41, 5.74) is 0.951. The Morgan fingerprint density at radius 3 is 2.29 bits per heavy atom. The Balaban J connectivity index is 1.63. The Hall–Kier alpha value is -3.27. The molecule has 2 aromatic carbocycles. The highest BCUT2D eigenvalue weighted by molar-refractivity contribution is 7.89. The van der Waals surface area contributed by atoms with E-state index in [4.69, 9.17) is 11.6 Å². The second-order valence-electron chi connectivity index (χ2n) is 8.84. The third kappa shape index (κ3) is 7.61. The molecule has 0 fully saturated rings. The summed E-state index contributed by atoms with van der Waals surface area (Å²) in [4.78, 5) is 28.7. The van der Waals surface area contributed by atoms with Crippen molar-refractivity contribution in [3.8, 4) is 11.1 Å². The molecule has 10 heteroatoms. The van der Waals surface area contributed by atoms with Gasteiger partial charge in [0.2, 0.25) is 15.9 Å². The number of nitrogens with zero attached hydrogens (tertiary/aromatic N) is 1. The topological polar surface area (TPSA) is 117 Å². The Morgan fingerprint density at radius 2 is 1.66 bits per heavy atom. The molecular formula is C25H27ClN4O4S. The molecule has 0 radical (unpaired) electrons. The van der Waals surface area contributed by atoms with Gasteiger partial charge in [-0.1, -0.05) is 41.9 Å². The van der Waals surface area contributed by atoms with Crippen molar-refractivity contribution in [2.75, 3.05) is 11.9 Å². The molecule has 0 aliphatic heterocycles. The standard InChI is InChI=1S/C25H27ClN4O4S/c1-25(2,3)30-35(33,34)21-7-5-4-6-20(21)17-8-10-18(11-9-17)24(32)27-15-14-23(31)29-22-13-12-19(26)16-28-22/h4-13,16,30H,14-15H2,1-3H3,(H,27,32)(H,28,29,31). The third-order valence-corrected chi connectivity index (χ3v) is 6.75. The fourth-order valence-corrected chi connectivity index (χ4v) is 5.01. The maximum absolute atomic E-state index is 12.9. The Labute approximate surface area is 210 Å². The van der Waals surface area contributed by atoms with E-state index in [0.29, 0.717) is 27.5 Å². The summed E-state index contributed by atoms with van der Waals surface area (Å²) < 4.78 is 28.5. The number of nitrogens with one attached hydrogen (secondary N) is 3. The van der Waals surface area contributed by atoms with Crippen LogP contribution in [0.2, 0.25) is 5.02 Å². The minimum Gasteiger partial charge on any atom is -0.352 e. The molecule has 1 heterocycles. The maximum Gasteiger partial charge on any atom is 0.251 e. The average molecular weight is 515 g/mol. The minimum absolute atomic E-state index is 0.0696. The number of aromatic nitrogens is 1. The summed E-state index contributed by atoms with van der Waals surface area (Å²) in [5.74, 6) is -0.261. The summed E-state index contributed by atoms with van der Waals surface area (Å²) in [7, 11) is -3.75. The molecule has 1 aromatic heterocycles. The molecule has 35 heavy (non-hydrogen) atoms. The molecule has 3 N–H and O–H groups in total. The van der Waals surface area contributed by atoms with Crippen LogP contribution >= 0.6 is 11.6 Å². The van der Waals surface area contributed by atoms with Crippen LogP contribution in [0.1, 0.15) is 37.6 Å². The number of hydrogen-bond donors (Lipinski definition) is 3. The lowest BCUT2D eigenvalue weighted by Crippen LogP contribution is -2.40. The van der Waals surface area contributed by atoms with E-state index in [0.717, 1.165) is 0 Å². The average Bonchev–Trinajstić information content (AvgIpc) is 2.79. The normalized spacial score (nSPS) is 11.7. The van der Waals surface area contributed by atoms with E-state index in [1.54, 1.807) is 81.4 Å². The maximum atomic E-state index is 12.9. The smallest absolute Gasteiger partial charge is 0.251 e. The number of sulfonamides is 1. The first-order valence-corrected chi connectivity index (χ1v) is 12.7. The van der Waals surface area contributed by atoms with Crippen LogP contribution in [0.25, 0.3) is 11.1 Å². The van der Waals surface area contributed by atoms with Crippen molar-refractivity contribution in [1.82, 2.24) is 15.0 Å². The van der Waals surface area contributed by atoms with Crippen LogP contribution in [0.3, 0.4) is 0 Å². The second-order valence-corrected chi connectivity index (χ2v) is 10.9. The third-order valence-electron chi connectivity index (χ3n) is 4.71. The first kappa shape index (κ1) is 26.3. The molecule has 8 nitrogen and oxygen atoms in total. The van der Waals surface area contributed by atoms with Gasteiger partial charge in [-0.2, -0.15) is 0 Å². The number of carbonyl (C=O) groups is 2. The van der Waals surface area contributed by atoms with Gasteiger partial charge >= 0.3 is 0 Å². The number of amides is 2. The molecule has 3 aromatic rings. The number of carbonyl (C=O) groups excluding carboxylic acids is 2. The molecule has 3 rings (SSSR count). The lowest BCUT2D eigenvalue weighted by molar-refractivity contribution is -0.116. The van der Waals surface area contributed by atoms with Gasteiger partial charge in [0, 0.05) is 35.8 Å². The second kappa shape index (κ2) is 11.0. The highest BCUT2D eigenvalue weighted by atomic mass is 35.5. The highest BCUT2D eigenvalue weighted by Gasteiger charge is 2.24. The van der Waals surface area contributed by atoms with Gasteiger partial charge < -0.3 is 10.6 Å². The molecule has 0 bridgehead atoms. The van der Waals surface area contributed by atoms with Crippen LogP contribution in [0, 0.1) is 0 Å². The fourth-order valence-electron chi connectivity index (χ4n) is 3.25. The summed E-state index contributed by atoms with van der Waals surface area (Å²) >= 11 is 5.77. The van der Waals surface area contributed by atoms with Crippen molar-refractivity contribution in [2.45, 2.75) is 37.6 Å². The molecule has 0 aliphatic rings. The van der Waals surface area contributed by atoms with Gasteiger partial charge in [0.1, 0.15) is 5.82 Å². The van der Waals surface area contributed by atoms with Crippen LogP contribution in [0.15, 0.2) is 71.8 Å². The number of benzene rings is 2. The molecule has 0 aliphatic carbocycles. The van der Waals surface area contributed by atoms with Crippen LogP contribution in [-0.2, 0) is 14.8 Å². The zero-order valence-corrected chi connectivity index (χ0v) is 21.2. The van der Waals surface area contributed by atoms with Crippen LogP contribution in [-0.4, -0.2) is 37.3 Å². The van der Waals surface area contributed by atoms with Gasteiger partial charge in [0.25, 0.3) is 5.91 Å². The lowest BCUT2D eigenvalue weighted by Gasteiger charge is -2.21. The zero-order valence-electron chi connectivity index (χ0n) is 19.6. The molecule has 184 valence electrons. The fraction of sp³-hybridized carbons (Fsp3) is 0.240. The predicted molar refractivity (Wildman–Crippen MR) is 137 cm³/mol. The Bertz CT molecular complexity index is 1300. The molecule has 2 amide bonds. The summed E-state index contributed by atoms with van der Waals surface area (Å²) in [6, 6.07) is 16.5. The van der Waals surface area contributed by atoms with E-state index < -0.39 is 15.6 Å². The van der Waals surface area contributed by atoms with Crippen molar-refractivity contribution < 1.29 is 18.0 Å². The van der Waals surface area contributed by atoms with Crippen LogP contribution in [0.5, 0.6) is 0 Å². The number of hydrogen-bond acceptors (Lipinski definition) is 5. The Kier molecular flexibility index (Phi) is 8.26. The molecule has 0 unspecified atom stereocenters. The first-order valence-electron chi connectivity index (χ1n) is 10.9. The number of pyridine rings is 1. The summed E-state index contributed by atoms with van der Waals surface area (Å²) in [5, 5.41) is 5.79. The predicted octanol–water partition coefficient (Wildman–Crippen LogP) is 4.24. The highest BCUT2D eigenvalue weighted by Crippen LogP contribution is 2.28. The van der Waals surface area contributed by atoms with E-state index in [1.807, 2.05) is 0 Å². The monoisotopic (exact) mass is 514 g/mol. The van der Waals surface area contributed by atoms with Crippen molar-refractivity contribution in [3.05, 3.63) is 77.4 Å². The van der Waals surface area contributed by atoms with Gasteiger partial charge in [-0.05, 0) is 56.7 Å². The van der Waals surface area contributed by atoms with Gasteiger partial charge in [0.05, 0.1) is 9.92 Å². The van der Waals surface area contributed by atoms with Gasteiger partial charge in [-0.25, -0.2) is 18.1 Å². The largest absolute Gasteiger partial charge is 0.352 e. The van der Waals surface area contributed by atoms with Gasteiger partial charge in [-0.15, -0.1) is 0 Å². The summed E-state index contributed by atoms with van der Waals surface area (Å²) in [6.07, 6.45) is 1.50. The minimum atomic E-state index is -3.75. The van der Waals surface area contributed by atoms with Crippen molar-refractivity contribution in [3.63, 3.8) is 0 Å². The van der Waals surface area contributed by atoms with Crippen molar-refractivity contribution in [1.29, 1.82) is 0 Å². The molecule has 0 saturated heterocycles. The van der Waals surface area contributed by atoms with Crippen molar-refractivity contribution in [2.24, 2.45) is 0 Å². The molecule has 0 spiro atoms. The van der Waals surface area contributed by atoms with Gasteiger partial charge in [-0.3, -0.25) is 9.59 Å². The van der Waals surface area contributed by atoms with Crippen LogP contribution < -0.4 is 15.4 Å². The number of anilines is 1. The quantitative estimate of drug-likeness (QED) is 0.415. The van der Waals surface area contributed by atoms with Crippen LogP contribution in [0.4, 0.5) is 5.82 Å². The molecule has 0 saturated carbocycles. The SMILES string of the molecule is CC(C)(C)NS(=O)(=O)c1ccccc1-c1ccc(C(=O)NCCC(=O)Nc2ccc(Cl)cn2)cc1. The van der Waals surface area contributed by atoms with Gasteiger partial charge in [0.15, 0.2) is 0 Å². The van der Waals surface area contributed by atoms with E-state index in [-0.39, 0.29) is 29.7 Å². The zero-order chi connectivity index (χ0) is 25.6. The number of halogens is 1. The Morgan fingerprint density at radius 1 is 0.971 bits per heavy atom. The van der Waals surface area contributed by atoms with E-state index in [9.17, 15) is 18.0 Å². The van der Waals surface area contributed by atoms with E-state index >= 15 is 0 Å². The first-order chi connectivity index (χ1) is 16.4. The number of rotatable bonds is 8. The summed E-state index contributed by atoms with van der Waals surface area (Å²) in [6.45, 7) is 5.47. The van der Waals surface area contributed by atoms with E-state index in [2.05, 4.69) is 20.3 Å². The molecule has 0 atom stereocenters.